The van der Waals surface area contributed by atoms with Gasteiger partial charge in [-0.1, -0.05) is 12.1 Å². The molecule has 5 nitrogen and oxygen atoms in total. The highest BCUT2D eigenvalue weighted by Gasteiger charge is 2.12. The van der Waals surface area contributed by atoms with E-state index in [1.54, 1.807) is 18.2 Å². The molecule has 0 spiro atoms. The number of rotatable bonds is 2. The van der Waals surface area contributed by atoms with Crippen LogP contribution in [0.3, 0.4) is 0 Å². The molecule has 0 bridgehead atoms. The molecular formula is C12H8N4O. The molecule has 0 saturated carbocycles. The summed E-state index contributed by atoms with van der Waals surface area (Å²) in [4.78, 5) is 18.5. The number of aromatic nitrogens is 2. The van der Waals surface area contributed by atoms with Crippen LogP contribution < -0.4 is 5.56 Å². The van der Waals surface area contributed by atoms with Crippen LogP contribution in [0.15, 0.2) is 29.1 Å². The minimum atomic E-state index is -0.843. The lowest BCUT2D eigenvalue weighted by Crippen LogP contribution is -2.17. The molecule has 1 aromatic heterocycles. The second-order valence-electron chi connectivity index (χ2n) is 3.54. The van der Waals surface area contributed by atoms with Crippen molar-refractivity contribution in [3.05, 3.63) is 40.3 Å². The Bertz CT molecular complexity index is 676. The second-order valence-corrected chi connectivity index (χ2v) is 3.54. The van der Waals surface area contributed by atoms with Crippen molar-refractivity contribution < 1.29 is 0 Å². The topological polar surface area (TPSA) is 93.3 Å². The zero-order valence-electron chi connectivity index (χ0n) is 8.84. The molecule has 0 aliphatic rings. The Labute approximate surface area is 97.0 Å². The average molecular weight is 224 g/mol. The molecule has 17 heavy (non-hydrogen) atoms. The number of aromatic amines is 1. The summed E-state index contributed by atoms with van der Waals surface area (Å²) in [6, 6.07) is 10.8. The van der Waals surface area contributed by atoms with Gasteiger partial charge in [0.25, 0.3) is 5.56 Å². The van der Waals surface area contributed by atoms with Crippen molar-refractivity contribution in [3.63, 3.8) is 0 Å². The number of H-pyrrole nitrogens is 1. The normalized spacial score (nSPS) is 10.1. The summed E-state index contributed by atoms with van der Waals surface area (Å²) < 4.78 is 0. The number of hydrogen-bond acceptors (Lipinski definition) is 4. The van der Waals surface area contributed by atoms with Crippen LogP contribution in [0.2, 0.25) is 0 Å². The Kier molecular flexibility index (Phi) is 2.85. The predicted molar refractivity (Wildman–Crippen MR) is 60.8 cm³/mol. The van der Waals surface area contributed by atoms with Crippen LogP contribution in [-0.2, 0) is 6.42 Å². The van der Waals surface area contributed by atoms with E-state index in [9.17, 15) is 4.79 Å². The van der Waals surface area contributed by atoms with Crippen LogP contribution in [0.1, 0.15) is 5.69 Å². The van der Waals surface area contributed by atoms with Gasteiger partial charge < -0.3 is 4.98 Å². The van der Waals surface area contributed by atoms with Crippen LogP contribution in [0.5, 0.6) is 0 Å². The molecular weight excluding hydrogens is 216 g/mol. The van der Waals surface area contributed by atoms with Crippen LogP contribution in [-0.4, -0.2) is 9.97 Å². The van der Waals surface area contributed by atoms with Gasteiger partial charge in [-0.15, -0.1) is 0 Å². The number of fused-ring (bicyclic) bond motifs is 1. The summed E-state index contributed by atoms with van der Waals surface area (Å²) >= 11 is 0. The molecule has 1 N–H and O–H groups in total. The maximum atomic E-state index is 11.7. The first-order chi connectivity index (χ1) is 8.24. The van der Waals surface area contributed by atoms with Crippen molar-refractivity contribution in [1.82, 2.24) is 9.97 Å². The van der Waals surface area contributed by atoms with E-state index >= 15 is 0 Å². The van der Waals surface area contributed by atoms with Crippen LogP contribution in [0.25, 0.3) is 11.0 Å². The molecule has 0 fully saturated rings. The predicted octanol–water partition coefficient (Wildman–Crippen LogP) is 1.13. The number of nitriles is 2. The highest BCUT2D eigenvalue weighted by atomic mass is 16.1. The summed E-state index contributed by atoms with van der Waals surface area (Å²) in [5.41, 5.74) is 1.17. The summed E-state index contributed by atoms with van der Waals surface area (Å²) in [7, 11) is 0. The van der Waals surface area contributed by atoms with E-state index in [1.165, 1.54) is 0 Å². The first-order valence-corrected chi connectivity index (χ1v) is 5.02. The highest BCUT2D eigenvalue weighted by molar-refractivity contribution is 5.73. The van der Waals surface area contributed by atoms with Gasteiger partial charge in [0, 0.05) is 6.42 Å². The molecule has 0 aliphatic carbocycles. The van der Waals surface area contributed by atoms with Gasteiger partial charge in [0.1, 0.15) is 11.6 Å². The van der Waals surface area contributed by atoms with E-state index < -0.39 is 5.92 Å². The Balaban J connectivity index is 2.49. The lowest BCUT2D eigenvalue weighted by molar-refractivity contribution is 0.796. The zero-order chi connectivity index (χ0) is 12.3. The molecule has 0 radical (unpaired) electrons. The third kappa shape index (κ3) is 2.14. The van der Waals surface area contributed by atoms with E-state index in [0.717, 1.165) is 0 Å². The molecule has 0 unspecified atom stereocenters. The smallest absolute Gasteiger partial charge is 0.270 e. The van der Waals surface area contributed by atoms with Crippen molar-refractivity contribution in [3.8, 4) is 12.1 Å². The van der Waals surface area contributed by atoms with Crippen molar-refractivity contribution >= 4 is 11.0 Å². The average Bonchev–Trinajstić information content (AvgIpc) is 2.36. The monoisotopic (exact) mass is 224 g/mol. The highest BCUT2D eigenvalue weighted by Crippen LogP contribution is 2.08. The van der Waals surface area contributed by atoms with Crippen LogP contribution in [0, 0.1) is 28.6 Å². The van der Waals surface area contributed by atoms with Gasteiger partial charge in [-0.05, 0) is 12.1 Å². The van der Waals surface area contributed by atoms with Crippen LogP contribution in [0.4, 0.5) is 0 Å². The van der Waals surface area contributed by atoms with E-state index in [2.05, 4.69) is 9.97 Å². The van der Waals surface area contributed by atoms with E-state index in [1.807, 2.05) is 18.2 Å². The first-order valence-electron chi connectivity index (χ1n) is 5.02. The number of nitrogens with zero attached hydrogens (tertiary/aromatic N) is 3. The molecule has 0 atom stereocenters. The maximum absolute atomic E-state index is 11.7. The van der Waals surface area contributed by atoms with Crippen molar-refractivity contribution in [2.45, 2.75) is 6.42 Å². The minimum Gasteiger partial charge on any atom is -0.319 e. The van der Waals surface area contributed by atoms with Crippen molar-refractivity contribution in [2.24, 2.45) is 5.92 Å². The molecule has 2 aromatic rings. The molecule has 82 valence electrons. The summed E-state index contributed by atoms with van der Waals surface area (Å²) in [6.45, 7) is 0. The van der Waals surface area contributed by atoms with E-state index in [4.69, 9.17) is 10.5 Å². The zero-order valence-corrected chi connectivity index (χ0v) is 8.84. The molecule has 0 aliphatic heterocycles. The molecule has 2 rings (SSSR count). The van der Waals surface area contributed by atoms with Gasteiger partial charge in [-0.2, -0.15) is 10.5 Å². The number of hydrogen-bond donors (Lipinski definition) is 1. The van der Waals surface area contributed by atoms with E-state index in [0.29, 0.717) is 11.0 Å². The third-order valence-electron chi connectivity index (χ3n) is 2.38. The summed E-state index contributed by atoms with van der Waals surface area (Å²) in [5.74, 6) is -0.843. The molecule has 1 heterocycles. The lowest BCUT2D eigenvalue weighted by Gasteiger charge is -2.01. The molecule has 5 heteroatoms. The fraction of sp³-hybridized carbons (Fsp3) is 0.167. The van der Waals surface area contributed by atoms with Gasteiger partial charge in [-0.25, -0.2) is 4.98 Å². The van der Waals surface area contributed by atoms with E-state index in [-0.39, 0.29) is 17.7 Å². The first kappa shape index (κ1) is 10.8. The van der Waals surface area contributed by atoms with Gasteiger partial charge in [0.05, 0.1) is 23.2 Å². The largest absolute Gasteiger partial charge is 0.319 e. The third-order valence-corrected chi connectivity index (χ3v) is 2.38. The minimum absolute atomic E-state index is 0.0488. The lowest BCUT2D eigenvalue weighted by atomic mass is 10.1. The maximum Gasteiger partial charge on any atom is 0.270 e. The number of benzene rings is 1. The molecule has 1 aromatic carbocycles. The Hall–Kier alpha value is -2.66. The second kappa shape index (κ2) is 4.46. The van der Waals surface area contributed by atoms with Gasteiger partial charge >= 0.3 is 0 Å². The quantitative estimate of drug-likeness (QED) is 0.827. The van der Waals surface area contributed by atoms with Crippen molar-refractivity contribution in [1.29, 1.82) is 10.5 Å². The fourth-order valence-corrected chi connectivity index (χ4v) is 1.52. The Morgan fingerprint density at radius 3 is 2.71 bits per heavy atom. The Morgan fingerprint density at radius 2 is 2.00 bits per heavy atom. The van der Waals surface area contributed by atoms with Crippen molar-refractivity contribution in [2.75, 3.05) is 0 Å². The Morgan fingerprint density at radius 1 is 1.29 bits per heavy atom. The molecule has 0 amide bonds. The summed E-state index contributed by atoms with van der Waals surface area (Å²) in [6.07, 6.45) is 0.0488. The van der Waals surface area contributed by atoms with Gasteiger partial charge in [0.2, 0.25) is 0 Å². The number of para-hydroxylation sites is 2. The SMILES string of the molecule is N#CC(C#N)Cc1nc2ccccc2[nH]c1=O. The fourth-order valence-electron chi connectivity index (χ4n) is 1.52. The number of nitrogens with one attached hydrogen (secondary N) is 1. The van der Waals surface area contributed by atoms with Gasteiger partial charge in [0.15, 0.2) is 0 Å². The molecule has 0 saturated heterocycles. The standard InChI is InChI=1S/C12H8N4O/c13-6-8(7-14)5-11-12(17)16-10-4-2-1-3-9(10)15-11/h1-4,8H,5H2,(H,16,17). The summed E-state index contributed by atoms with van der Waals surface area (Å²) in [5, 5.41) is 17.4. The van der Waals surface area contributed by atoms with Crippen LogP contribution >= 0.6 is 0 Å². The van der Waals surface area contributed by atoms with Gasteiger partial charge in [-0.3, -0.25) is 4.79 Å².